The molecule has 2 N–H and O–H groups in total. The molecule has 128 valence electrons. The van der Waals surface area contributed by atoms with Gasteiger partial charge in [0.05, 0.1) is 11.9 Å². The highest BCUT2D eigenvalue weighted by molar-refractivity contribution is 6.02. The van der Waals surface area contributed by atoms with E-state index in [9.17, 15) is 4.79 Å². The van der Waals surface area contributed by atoms with Crippen molar-refractivity contribution in [2.45, 2.75) is 13.3 Å². The molecule has 0 fully saturated rings. The average Bonchev–Trinajstić information content (AvgIpc) is 3.07. The summed E-state index contributed by atoms with van der Waals surface area (Å²) in [7, 11) is 0. The van der Waals surface area contributed by atoms with E-state index in [4.69, 9.17) is 0 Å². The van der Waals surface area contributed by atoms with Crippen LogP contribution in [-0.2, 0) is 6.42 Å². The van der Waals surface area contributed by atoms with Crippen molar-refractivity contribution < 1.29 is 4.79 Å². The predicted octanol–water partition coefficient (Wildman–Crippen LogP) is 2.90. The highest BCUT2D eigenvalue weighted by atomic mass is 16.1. The minimum absolute atomic E-state index is 0.257. The van der Waals surface area contributed by atoms with Crippen LogP contribution in [0.2, 0.25) is 0 Å². The molecule has 0 aliphatic heterocycles. The van der Waals surface area contributed by atoms with Crippen LogP contribution in [0, 0.1) is 6.92 Å². The lowest BCUT2D eigenvalue weighted by molar-refractivity contribution is 0.102. The van der Waals surface area contributed by atoms with Gasteiger partial charge in [-0.3, -0.25) is 9.78 Å². The number of rotatable bonds is 4. The molecule has 7 heteroatoms. The Kier molecular flexibility index (Phi) is 4.10. The number of hydrogen-bond donors (Lipinski definition) is 2. The predicted molar refractivity (Wildman–Crippen MR) is 97.9 cm³/mol. The minimum atomic E-state index is -0.333. The van der Waals surface area contributed by atoms with Crippen LogP contribution in [0.25, 0.3) is 11.0 Å². The second-order valence-corrected chi connectivity index (χ2v) is 5.94. The van der Waals surface area contributed by atoms with Crippen molar-refractivity contribution in [3.63, 3.8) is 0 Å². The number of carbonyl (C=O) groups excluding carboxylic acids is 1. The summed E-state index contributed by atoms with van der Waals surface area (Å²) < 4.78 is 0. The quantitative estimate of drug-likeness (QED) is 0.593. The fourth-order valence-corrected chi connectivity index (χ4v) is 2.67. The second kappa shape index (κ2) is 6.72. The van der Waals surface area contributed by atoms with Crippen LogP contribution in [-0.4, -0.2) is 30.8 Å². The van der Waals surface area contributed by atoms with Crippen LogP contribution in [0.4, 0.5) is 5.82 Å². The Labute approximate surface area is 149 Å². The second-order valence-electron chi connectivity index (χ2n) is 5.94. The molecule has 0 saturated heterocycles. The minimum Gasteiger partial charge on any atom is -0.346 e. The lowest BCUT2D eigenvalue weighted by atomic mass is 10.1. The van der Waals surface area contributed by atoms with Crippen molar-refractivity contribution >= 4 is 22.8 Å². The van der Waals surface area contributed by atoms with Crippen LogP contribution < -0.4 is 5.32 Å². The van der Waals surface area contributed by atoms with Crippen molar-refractivity contribution in [3.8, 4) is 0 Å². The van der Waals surface area contributed by atoms with E-state index in [0.717, 1.165) is 34.3 Å². The number of aryl methyl sites for hydroxylation is 1. The standard InChI is InChI=1S/C19H16N6O/c1-12-8-22-16(11-21-12)19(26)25-17-5-4-13(9-23-17)7-14-10-24-18-15(14)3-2-6-20-18/h2-6,8-11H,7H2,1H3,(H,20,24)(H,23,25,26). The normalized spacial score (nSPS) is 10.8. The van der Waals surface area contributed by atoms with Gasteiger partial charge in [0.15, 0.2) is 0 Å². The van der Waals surface area contributed by atoms with Gasteiger partial charge in [0.2, 0.25) is 0 Å². The number of nitrogens with one attached hydrogen (secondary N) is 2. The molecule has 4 heterocycles. The van der Waals surface area contributed by atoms with E-state index in [2.05, 4.69) is 30.2 Å². The topological polar surface area (TPSA) is 96.5 Å². The summed E-state index contributed by atoms with van der Waals surface area (Å²) in [6, 6.07) is 7.68. The van der Waals surface area contributed by atoms with Gasteiger partial charge in [0.25, 0.3) is 5.91 Å². The number of nitrogens with zero attached hydrogens (tertiary/aromatic N) is 4. The number of aromatic amines is 1. The Morgan fingerprint density at radius 2 is 2.00 bits per heavy atom. The molecule has 4 aromatic heterocycles. The monoisotopic (exact) mass is 344 g/mol. The summed E-state index contributed by atoms with van der Waals surface area (Å²) in [5.74, 6) is 0.141. The van der Waals surface area contributed by atoms with Gasteiger partial charge in [0.1, 0.15) is 17.2 Å². The molecular weight excluding hydrogens is 328 g/mol. The third-order valence-electron chi connectivity index (χ3n) is 4.01. The van der Waals surface area contributed by atoms with Crippen molar-refractivity contribution in [2.24, 2.45) is 0 Å². The molecule has 0 bridgehead atoms. The summed E-state index contributed by atoms with van der Waals surface area (Å²) >= 11 is 0. The lowest BCUT2D eigenvalue weighted by Gasteiger charge is -2.05. The number of hydrogen-bond acceptors (Lipinski definition) is 5. The molecule has 26 heavy (non-hydrogen) atoms. The first-order chi connectivity index (χ1) is 12.7. The molecule has 0 unspecified atom stereocenters. The van der Waals surface area contributed by atoms with E-state index in [0.29, 0.717) is 5.82 Å². The average molecular weight is 344 g/mol. The lowest BCUT2D eigenvalue weighted by Crippen LogP contribution is -2.15. The zero-order valence-electron chi connectivity index (χ0n) is 14.1. The molecule has 0 spiro atoms. The fourth-order valence-electron chi connectivity index (χ4n) is 2.67. The third-order valence-corrected chi connectivity index (χ3v) is 4.01. The third kappa shape index (κ3) is 3.27. The van der Waals surface area contributed by atoms with Gasteiger partial charge in [-0.2, -0.15) is 0 Å². The summed E-state index contributed by atoms with van der Waals surface area (Å²) in [5, 5.41) is 3.82. The smallest absolute Gasteiger partial charge is 0.277 e. The molecule has 4 aromatic rings. The maximum Gasteiger partial charge on any atom is 0.277 e. The van der Waals surface area contributed by atoms with Gasteiger partial charge >= 0.3 is 0 Å². The molecule has 0 aliphatic rings. The van der Waals surface area contributed by atoms with Crippen molar-refractivity contribution in [1.82, 2.24) is 24.9 Å². The van der Waals surface area contributed by atoms with E-state index in [1.54, 1.807) is 24.7 Å². The Hall–Kier alpha value is -3.61. The van der Waals surface area contributed by atoms with E-state index >= 15 is 0 Å². The van der Waals surface area contributed by atoms with Crippen LogP contribution in [0.1, 0.15) is 27.3 Å². The van der Waals surface area contributed by atoms with Gasteiger partial charge in [-0.1, -0.05) is 6.07 Å². The fraction of sp³-hybridized carbons (Fsp3) is 0.105. The zero-order valence-corrected chi connectivity index (χ0v) is 14.1. The Morgan fingerprint density at radius 3 is 2.77 bits per heavy atom. The highest BCUT2D eigenvalue weighted by Crippen LogP contribution is 2.19. The molecular formula is C19H16N6O. The van der Waals surface area contributed by atoms with Crippen molar-refractivity contribution in [2.75, 3.05) is 5.32 Å². The molecule has 4 rings (SSSR count). The number of H-pyrrole nitrogens is 1. The van der Waals surface area contributed by atoms with E-state index < -0.39 is 0 Å². The molecule has 7 nitrogen and oxygen atoms in total. The number of pyridine rings is 2. The first-order valence-corrected chi connectivity index (χ1v) is 8.15. The summed E-state index contributed by atoms with van der Waals surface area (Å²) in [6.07, 6.45) is 9.22. The SMILES string of the molecule is Cc1cnc(C(=O)Nc2ccc(Cc3c[nH]c4ncccc34)cn2)cn1. The van der Waals surface area contributed by atoms with Gasteiger partial charge in [-0.05, 0) is 36.2 Å². The first kappa shape index (κ1) is 15.9. The van der Waals surface area contributed by atoms with E-state index in [1.807, 2.05) is 31.3 Å². The van der Waals surface area contributed by atoms with Crippen molar-refractivity contribution in [3.05, 3.63) is 77.8 Å². The molecule has 1 amide bonds. The van der Waals surface area contributed by atoms with E-state index in [-0.39, 0.29) is 11.6 Å². The van der Waals surface area contributed by atoms with Crippen LogP contribution in [0.3, 0.4) is 0 Å². The zero-order chi connectivity index (χ0) is 17.9. The van der Waals surface area contributed by atoms with E-state index in [1.165, 1.54) is 6.20 Å². The van der Waals surface area contributed by atoms with Crippen LogP contribution in [0.5, 0.6) is 0 Å². The number of aromatic nitrogens is 5. The molecule has 0 saturated carbocycles. The number of carbonyl (C=O) groups is 1. The van der Waals surface area contributed by atoms with Crippen LogP contribution >= 0.6 is 0 Å². The Balaban J connectivity index is 1.46. The molecule has 0 radical (unpaired) electrons. The maximum atomic E-state index is 12.1. The van der Waals surface area contributed by atoms with Gasteiger partial charge in [0, 0.05) is 36.6 Å². The van der Waals surface area contributed by atoms with Gasteiger partial charge < -0.3 is 10.3 Å². The molecule has 0 aliphatic carbocycles. The highest BCUT2D eigenvalue weighted by Gasteiger charge is 2.09. The molecule has 0 atom stereocenters. The number of fused-ring (bicyclic) bond motifs is 1. The molecule has 0 aromatic carbocycles. The summed E-state index contributed by atoms with van der Waals surface area (Å²) in [5.41, 5.74) is 4.09. The summed E-state index contributed by atoms with van der Waals surface area (Å²) in [6.45, 7) is 1.82. The van der Waals surface area contributed by atoms with Crippen molar-refractivity contribution in [1.29, 1.82) is 0 Å². The Bertz CT molecular complexity index is 1050. The number of amides is 1. The number of anilines is 1. The van der Waals surface area contributed by atoms with Gasteiger partial charge in [-0.15, -0.1) is 0 Å². The summed E-state index contributed by atoms with van der Waals surface area (Å²) in [4.78, 5) is 32.1. The Morgan fingerprint density at radius 1 is 1.08 bits per heavy atom. The first-order valence-electron chi connectivity index (χ1n) is 8.15. The van der Waals surface area contributed by atoms with Gasteiger partial charge in [-0.25, -0.2) is 15.0 Å². The van der Waals surface area contributed by atoms with Crippen LogP contribution in [0.15, 0.2) is 55.2 Å². The maximum absolute atomic E-state index is 12.1. The largest absolute Gasteiger partial charge is 0.346 e.